The molecule has 0 spiro atoms. The molecule has 1 unspecified atom stereocenters. The minimum absolute atomic E-state index is 0. The number of carbonyl (C=O) groups excluding carboxylic acids is 1. The van der Waals surface area contributed by atoms with Gasteiger partial charge in [0.25, 0.3) is 5.91 Å². The molecule has 6 heteroatoms. The molecule has 0 radical (unpaired) electrons. The summed E-state index contributed by atoms with van der Waals surface area (Å²) in [6.07, 6.45) is 0. The van der Waals surface area contributed by atoms with Crippen LogP contribution in [0.4, 0.5) is 4.39 Å². The van der Waals surface area contributed by atoms with Gasteiger partial charge in [-0.25, -0.2) is 4.39 Å². The molecular weight excluding hydrogens is 283 g/mol. The van der Waals surface area contributed by atoms with E-state index in [0.717, 1.165) is 0 Å². The zero-order chi connectivity index (χ0) is 14.6. The molecule has 1 rings (SSSR count). The van der Waals surface area contributed by atoms with Gasteiger partial charge in [-0.1, -0.05) is 13.8 Å². The lowest BCUT2D eigenvalue weighted by molar-refractivity contribution is 0.0883. The van der Waals surface area contributed by atoms with Crippen LogP contribution in [-0.2, 0) is 0 Å². The van der Waals surface area contributed by atoms with Gasteiger partial charge < -0.3 is 15.8 Å². The lowest BCUT2D eigenvalue weighted by atomic mass is 9.88. The average molecular weight is 305 g/mol. The third-order valence-corrected chi connectivity index (χ3v) is 3.51. The number of nitrogens with one attached hydrogen (secondary N) is 1. The van der Waals surface area contributed by atoms with Crippen LogP contribution in [0.15, 0.2) is 18.2 Å². The van der Waals surface area contributed by atoms with Crippen LogP contribution < -0.4 is 15.8 Å². The fourth-order valence-electron chi connectivity index (χ4n) is 1.56. The molecule has 0 saturated carbocycles. The largest absolute Gasteiger partial charge is 0.494 e. The molecule has 1 aromatic carbocycles. The van der Waals surface area contributed by atoms with Crippen LogP contribution in [0, 0.1) is 11.7 Å². The Labute approximate surface area is 125 Å². The minimum Gasteiger partial charge on any atom is -0.494 e. The predicted molar refractivity (Wildman–Crippen MR) is 80.0 cm³/mol. The maximum absolute atomic E-state index is 13.3. The number of benzene rings is 1. The summed E-state index contributed by atoms with van der Waals surface area (Å²) in [7, 11) is 1.36. The van der Waals surface area contributed by atoms with Gasteiger partial charge in [0.2, 0.25) is 0 Å². The molecule has 0 aliphatic heterocycles. The number of hydrogen-bond donors (Lipinski definition) is 2. The maximum atomic E-state index is 13.3. The second-order valence-corrected chi connectivity index (χ2v) is 5.08. The average Bonchev–Trinajstić information content (AvgIpc) is 2.38. The monoisotopic (exact) mass is 304 g/mol. The summed E-state index contributed by atoms with van der Waals surface area (Å²) in [6, 6.07) is 4.01. The molecule has 4 nitrogen and oxygen atoms in total. The van der Waals surface area contributed by atoms with Gasteiger partial charge in [0, 0.05) is 12.1 Å². The molecule has 3 N–H and O–H groups in total. The Morgan fingerprint density at radius 2 is 2.10 bits per heavy atom. The van der Waals surface area contributed by atoms with Crippen LogP contribution in [0.3, 0.4) is 0 Å². The number of carbonyl (C=O) groups is 1. The maximum Gasteiger partial charge on any atom is 0.251 e. The molecule has 0 heterocycles. The van der Waals surface area contributed by atoms with E-state index in [9.17, 15) is 9.18 Å². The molecule has 114 valence electrons. The van der Waals surface area contributed by atoms with Crippen LogP contribution in [0.5, 0.6) is 5.75 Å². The molecule has 1 amide bonds. The quantitative estimate of drug-likeness (QED) is 0.877. The molecule has 20 heavy (non-hydrogen) atoms. The Balaban J connectivity index is 0.00000361. The van der Waals surface area contributed by atoms with E-state index in [2.05, 4.69) is 5.32 Å². The fourth-order valence-corrected chi connectivity index (χ4v) is 1.56. The number of methoxy groups -OCH3 is 1. The van der Waals surface area contributed by atoms with Crippen molar-refractivity contribution in [2.45, 2.75) is 26.3 Å². The highest BCUT2D eigenvalue weighted by atomic mass is 35.5. The lowest BCUT2D eigenvalue weighted by Gasteiger charge is -2.33. The van der Waals surface area contributed by atoms with E-state index in [1.807, 2.05) is 20.8 Å². The van der Waals surface area contributed by atoms with Crippen molar-refractivity contribution in [2.24, 2.45) is 11.7 Å². The second-order valence-electron chi connectivity index (χ2n) is 5.08. The summed E-state index contributed by atoms with van der Waals surface area (Å²) >= 11 is 0. The predicted octanol–water partition coefficient (Wildman–Crippen LogP) is 2.36. The number of rotatable bonds is 5. The Morgan fingerprint density at radius 3 is 2.55 bits per heavy atom. The van der Waals surface area contributed by atoms with E-state index in [-0.39, 0.29) is 30.0 Å². The summed E-state index contributed by atoms with van der Waals surface area (Å²) in [5, 5.41) is 2.89. The summed E-state index contributed by atoms with van der Waals surface area (Å²) < 4.78 is 18.1. The van der Waals surface area contributed by atoms with E-state index >= 15 is 0 Å². The fraction of sp³-hybridized carbons (Fsp3) is 0.500. The van der Waals surface area contributed by atoms with Crippen LogP contribution in [0.25, 0.3) is 0 Å². The number of amides is 1. The molecule has 0 aliphatic rings. The van der Waals surface area contributed by atoms with E-state index in [1.54, 1.807) is 0 Å². The van der Waals surface area contributed by atoms with Gasteiger partial charge in [-0.05, 0) is 31.0 Å². The van der Waals surface area contributed by atoms with Gasteiger partial charge in [-0.15, -0.1) is 12.4 Å². The molecule has 0 saturated heterocycles. The van der Waals surface area contributed by atoms with Crippen molar-refractivity contribution >= 4 is 18.3 Å². The Morgan fingerprint density at radius 1 is 1.50 bits per heavy atom. The first kappa shape index (κ1) is 18.7. The third kappa shape index (κ3) is 4.08. The lowest BCUT2D eigenvalue weighted by Crippen LogP contribution is -2.55. The SMILES string of the molecule is COc1cc(C(=O)NC(C)(CN)C(C)C)ccc1F.Cl. The summed E-state index contributed by atoms with van der Waals surface area (Å²) in [4.78, 5) is 12.2. The second kappa shape index (κ2) is 7.45. The third-order valence-electron chi connectivity index (χ3n) is 3.51. The van der Waals surface area contributed by atoms with Gasteiger partial charge >= 0.3 is 0 Å². The molecule has 1 aromatic rings. The van der Waals surface area contributed by atoms with E-state index < -0.39 is 11.4 Å². The molecule has 0 fully saturated rings. The van der Waals surface area contributed by atoms with Crippen LogP contribution in [-0.4, -0.2) is 25.1 Å². The van der Waals surface area contributed by atoms with Gasteiger partial charge in [0.05, 0.1) is 12.6 Å². The van der Waals surface area contributed by atoms with Crippen LogP contribution in [0.1, 0.15) is 31.1 Å². The van der Waals surface area contributed by atoms with Crippen LogP contribution in [0.2, 0.25) is 0 Å². The van der Waals surface area contributed by atoms with E-state index in [4.69, 9.17) is 10.5 Å². The minimum atomic E-state index is -0.501. The highest BCUT2D eigenvalue weighted by molar-refractivity contribution is 5.95. The number of nitrogens with two attached hydrogens (primary N) is 1. The number of ether oxygens (including phenoxy) is 1. The first-order valence-electron chi connectivity index (χ1n) is 6.20. The molecule has 1 atom stereocenters. The highest BCUT2D eigenvalue weighted by Crippen LogP contribution is 2.20. The standard InChI is InChI=1S/C14H21FN2O2.ClH/c1-9(2)14(3,8-16)17-13(18)10-5-6-11(15)12(7-10)19-4;/h5-7,9H,8,16H2,1-4H3,(H,17,18);1H. The Hall–Kier alpha value is -1.33. The number of halogens is 2. The van der Waals surface area contributed by atoms with Gasteiger partial charge in [-0.3, -0.25) is 4.79 Å². The zero-order valence-corrected chi connectivity index (χ0v) is 13.0. The first-order chi connectivity index (χ1) is 8.84. The van der Waals surface area contributed by atoms with Crippen molar-refractivity contribution in [3.63, 3.8) is 0 Å². The number of hydrogen-bond acceptors (Lipinski definition) is 3. The molecule has 0 aliphatic carbocycles. The van der Waals surface area contributed by atoms with Crippen molar-refractivity contribution in [1.29, 1.82) is 0 Å². The highest BCUT2D eigenvalue weighted by Gasteiger charge is 2.29. The molecular formula is C14H22ClFN2O2. The molecule has 0 bridgehead atoms. The normalized spacial score (nSPS) is 13.3. The first-order valence-corrected chi connectivity index (χ1v) is 6.20. The smallest absolute Gasteiger partial charge is 0.251 e. The Kier molecular flexibility index (Phi) is 6.96. The van der Waals surface area contributed by atoms with Gasteiger partial charge in [0.1, 0.15) is 0 Å². The van der Waals surface area contributed by atoms with Crippen molar-refractivity contribution in [3.8, 4) is 5.75 Å². The zero-order valence-electron chi connectivity index (χ0n) is 12.2. The van der Waals surface area contributed by atoms with Gasteiger partial charge in [-0.2, -0.15) is 0 Å². The summed E-state index contributed by atoms with van der Waals surface area (Å²) in [5.41, 5.74) is 5.56. The van der Waals surface area contributed by atoms with E-state index in [0.29, 0.717) is 12.1 Å². The molecule has 0 aromatic heterocycles. The van der Waals surface area contributed by atoms with Crippen molar-refractivity contribution in [3.05, 3.63) is 29.6 Å². The topological polar surface area (TPSA) is 64.3 Å². The van der Waals surface area contributed by atoms with Crippen LogP contribution >= 0.6 is 12.4 Å². The summed E-state index contributed by atoms with van der Waals surface area (Å²) in [6.45, 7) is 6.18. The Bertz CT molecular complexity index is 468. The van der Waals surface area contributed by atoms with Gasteiger partial charge in [0.15, 0.2) is 11.6 Å². The van der Waals surface area contributed by atoms with E-state index in [1.165, 1.54) is 25.3 Å². The van der Waals surface area contributed by atoms with Crippen molar-refractivity contribution in [2.75, 3.05) is 13.7 Å². The van der Waals surface area contributed by atoms with Crippen molar-refractivity contribution < 1.29 is 13.9 Å². The summed E-state index contributed by atoms with van der Waals surface area (Å²) in [5.74, 6) is -0.556. The van der Waals surface area contributed by atoms with Crippen molar-refractivity contribution in [1.82, 2.24) is 5.32 Å².